The number of aryl methyl sites for hydroxylation is 2. The molecule has 41 heavy (non-hydrogen) atoms. The zero-order valence-corrected chi connectivity index (χ0v) is 28.5. The fourth-order valence-corrected chi connectivity index (χ4v) is 11.1. The van der Waals surface area contributed by atoms with E-state index < -0.39 is 23.2 Å². The predicted molar refractivity (Wildman–Crippen MR) is 160 cm³/mol. The Morgan fingerprint density at radius 2 is 1.00 bits per heavy atom. The summed E-state index contributed by atoms with van der Waals surface area (Å²) in [5.74, 6) is 0.973. The van der Waals surface area contributed by atoms with Crippen LogP contribution in [-0.2, 0) is 23.2 Å². The maximum Gasteiger partial charge on any atom is -1.00 e. The molecule has 2 unspecified atom stereocenters. The number of nitrogens with zero attached hydrogens (tertiary/aromatic N) is 2. The Morgan fingerprint density at radius 1 is 0.585 bits per heavy atom. The molecule has 0 amide bonds. The molecule has 0 aliphatic heterocycles. The molecule has 2 atom stereocenters. The number of pyridine rings is 2. The number of halogens is 2. The summed E-state index contributed by atoms with van der Waals surface area (Å²) < 4.78 is 0.870. The average molecular weight is 659 g/mol. The molecule has 2 heterocycles. The molecular formula is C36H36Cl2N2Zr. The molecule has 0 N–H and O–H groups in total. The normalized spacial score (nSPS) is 16.8. The monoisotopic (exact) mass is 656 g/mol. The van der Waals surface area contributed by atoms with Crippen LogP contribution in [-0.4, -0.2) is 9.97 Å². The summed E-state index contributed by atoms with van der Waals surface area (Å²) in [6.07, 6.45) is 8.99. The average Bonchev–Trinajstić information content (AvgIpc) is 3.48. The van der Waals surface area contributed by atoms with Crippen LogP contribution in [0, 0.1) is 13.8 Å². The third-order valence-corrected chi connectivity index (χ3v) is 12.9. The van der Waals surface area contributed by atoms with Gasteiger partial charge in [0.25, 0.3) is 0 Å². The predicted octanol–water partition coefficient (Wildman–Crippen LogP) is 3.32. The van der Waals surface area contributed by atoms with Gasteiger partial charge in [-0.2, -0.15) is 0 Å². The minimum Gasteiger partial charge on any atom is -1.00 e. The van der Waals surface area contributed by atoms with Crippen LogP contribution in [0.2, 0.25) is 0 Å². The zero-order valence-electron chi connectivity index (χ0n) is 24.5. The topological polar surface area (TPSA) is 25.8 Å². The van der Waals surface area contributed by atoms with Crippen LogP contribution in [0.15, 0.2) is 73.1 Å². The first-order valence-corrected chi connectivity index (χ1v) is 17.0. The largest absolute Gasteiger partial charge is 1.00 e. The third-order valence-electron chi connectivity index (χ3n) is 8.18. The summed E-state index contributed by atoms with van der Waals surface area (Å²) in [5.41, 5.74) is 16.3. The molecule has 2 aliphatic carbocycles. The summed E-state index contributed by atoms with van der Waals surface area (Å²) in [6.45, 7) is 13.5. The molecule has 6 rings (SSSR count). The van der Waals surface area contributed by atoms with Crippen molar-refractivity contribution >= 4 is 23.3 Å². The van der Waals surface area contributed by atoms with Gasteiger partial charge in [0.2, 0.25) is 0 Å². The molecule has 0 spiro atoms. The number of allylic oxidation sites excluding steroid dienone is 2. The molecule has 4 aromatic rings. The van der Waals surface area contributed by atoms with E-state index in [-0.39, 0.29) is 24.8 Å². The molecule has 5 heteroatoms. The number of hydrogen-bond acceptors (Lipinski definition) is 2. The number of rotatable bonds is 6. The van der Waals surface area contributed by atoms with Gasteiger partial charge in [0.1, 0.15) is 0 Å². The molecule has 0 fully saturated rings. The number of hydrogen-bond donors (Lipinski definition) is 0. The summed E-state index contributed by atoms with van der Waals surface area (Å²) in [5, 5.41) is 0. The Hall–Kier alpha value is -2.32. The first-order chi connectivity index (χ1) is 18.8. The van der Waals surface area contributed by atoms with Crippen molar-refractivity contribution in [3.63, 3.8) is 0 Å². The molecule has 208 valence electrons. The van der Waals surface area contributed by atoms with Gasteiger partial charge in [0, 0.05) is 0 Å². The molecule has 2 aromatic carbocycles. The molecule has 2 aliphatic rings. The minimum atomic E-state index is -1.14. The fourth-order valence-electron chi connectivity index (χ4n) is 6.11. The van der Waals surface area contributed by atoms with Crippen LogP contribution >= 0.6 is 0 Å². The van der Waals surface area contributed by atoms with Gasteiger partial charge in [0.15, 0.2) is 0 Å². The number of fused-ring (bicyclic) bond motifs is 2. The zero-order chi connectivity index (χ0) is 27.3. The molecule has 0 saturated carbocycles. The van der Waals surface area contributed by atoms with Gasteiger partial charge in [-0.15, -0.1) is 0 Å². The van der Waals surface area contributed by atoms with Crippen LogP contribution < -0.4 is 24.8 Å². The Balaban J connectivity index is 0.00000194. The molecular weight excluding hydrogens is 623 g/mol. The van der Waals surface area contributed by atoms with E-state index in [1.165, 1.54) is 55.7 Å². The summed E-state index contributed by atoms with van der Waals surface area (Å²) >= 11 is -1.14. The standard InChI is InChI=1S/2C18H18N.2ClH.Zr/c2*1-12(2)16-6-4-5-14-9-15(10-17(14)16)18-8-7-13(3)11-19-18;;;/h2*4-12H,1-3H3;2*1H;/q;;;;+2/p-2. The van der Waals surface area contributed by atoms with Gasteiger partial charge in [0.05, 0.1) is 0 Å². The van der Waals surface area contributed by atoms with Crippen molar-refractivity contribution in [3.8, 4) is 0 Å². The Labute approximate surface area is 269 Å². The first-order valence-electron chi connectivity index (χ1n) is 14.1. The number of benzene rings is 2. The van der Waals surface area contributed by atoms with E-state index in [1.807, 2.05) is 12.4 Å². The smallest absolute Gasteiger partial charge is 1.00 e. The van der Waals surface area contributed by atoms with E-state index >= 15 is 0 Å². The second-order valence-electron chi connectivity index (χ2n) is 11.7. The van der Waals surface area contributed by atoms with E-state index in [0.717, 1.165) is 11.4 Å². The van der Waals surface area contributed by atoms with Gasteiger partial charge < -0.3 is 24.8 Å². The molecule has 0 radical (unpaired) electrons. The fraction of sp³-hybridized carbons (Fsp3) is 0.278. The van der Waals surface area contributed by atoms with E-state index in [0.29, 0.717) is 19.1 Å². The van der Waals surface area contributed by atoms with Crippen molar-refractivity contribution in [2.75, 3.05) is 0 Å². The van der Waals surface area contributed by atoms with Crippen molar-refractivity contribution < 1.29 is 48.0 Å². The molecule has 0 bridgehead atoms. The van der Waals surface area contributed by atoms with Gasteiger partial charge in [-0.25, -0.2) is 0 Å². The van der Waals surface area contributed by atoms with Crippen LogP contribution in [0.3, 0.4) is 0 Å². The van der Waals surface area contributed by atoms with Crippen LogP contribution in [0.5, 0.6) is 0 Å². The summed E-state index contributed by atoms with van der Waals surface area (Å²) in [6, 6.07) is 22.8. The Morgan fingerprint density at radius 3 is 1.34 bits per heavy atom. The maximum absolute atomic E-state index is 4.94. The summed E-state index contributed by atoms with van der Waals surface area (Å²) in [7, 11) is 0. The number of aromatic nitrogens is 2. The molecule has 0 saturated heterocycles. The second-order valence-corrected chi connectivity index (χ2v) is 15.3. The van der Waals surface area contributed by atoms with Crippen LogP contribution in [0.1, 0.15) is 103 Å². The second kappa shape index (κ2) is 12.9. The minimum absolute atomic E-state index is 0. The van der Waals surface area contributed by atoms with Gasteiger partial charge in [-0.3, -0.25) is 0 Å². The van der Waals surface area contributed by atoms with Gasteiger partial charge in [-0.1, -0.05) is 0 Å². The SMILES string of the molecule is Cc1ccc(C2=Cc3c(C(C)C)cccc3[CH]2[Zr+2][CH]2C(c3ccc(C)cn3)=Cc3c(C(C)C)cccc32)nc1.[Cl-].[Cl-]. The van der Waals surface area contributed by atoms with Crippen molar-refractivity contribution in [1.82, 2.24) is 9.97 Å². The maximum atomic E-state index is 4.94. The Bertz CT molecular complexity index is 1480. The van der Waals surface area contributed by atoms with Crippen molar-refractivity contribution in [3.05, 3.63) is 129 Å². The first kappa shape index (κ1) is 31.6. The van der Waals surface area contributed by atoms with E-state index in [2.05, 4.69) is 114 Å². The van der Waals surface area contributed by atoms with E-state index in [9.17, 15) is 0 Å². The van der Waals surface area contributed by atoms with Gasteiger partial charge in [-0.05, 0) is 0 Å². The van der Waals surface area contributed by atoms with E-state index in [4.69, 9.17) is 9.97 Å². The van der Waals surface area contributed by atoms with Crippen molar-refractivity contribution in [2.24, 2.45) is 0 Å². The van der Waals surface area contributed by atoms with Crippen molar-refractivity contribution in [2.45, 2.75) is 60.6 Å². The quantitative estimate of drug-likeness (QED) is 0.318. The van der Waals surface area contributed by atoms with Crippen LogP contribution in [0.4, 0.5) is 0 Å². The third kappa shape index (κ3) is 5.97. The molecule has 2 aromatic heterocycles. The van der Waals surface area contributed by atoms with Gasteiger partial charge >= 0.3 is 246 Å². The van der Waals surface area contributed by atoms with Crippen molar-refractivity contribution in [1.29, 1.82) is 0 Å². The Kier molecular flexibility index (Phi) is 9.95. The summed E-state index contributed by atoms with van der Waals surface area (Å²) in [4.78, 5) is 9.89. The van der Waals surface area contributed by atoms with E-state index in [1.54, 1.807) is 0 Å². The van der Waals surface area contributed by atoms with Crippen LogP contribution in [0.25, 0.3) is 23.3 Å². The molecule has 2 nitrogen and oxygen atoms in total.